The molecular formula is C29H32Cl2FN3O4S. The van der Waals surface area contributed by atoms with E-state index in [4.69, 9.17) is 23.2 Å². The van der Waals surface area contributed by atoms with Gasteiger partial charge in [0.15, 0.2) is 0 Å². The van der Waals surface area contributed by atoms with Crippen LogP contribution >= 0.6 is 23.2 Å². The lowest BCUT2D eigenvalue weighted by Crippen LogP contribution is -2.54. The first-order valence-electron chi connectivity index (χ1n) is 12.7. The van der Waals surface area contributed by atoms with Gasteiger partial charge in [0.1, 0.15) is 18.4 Å². The van der Waals surface area contributed by atoms with Gasteiger partial charge in [-0.05, 0) is 54.8 Å². The molecule has 0 radical (unpaired) electrons. The molecule has 0 aliphatic carbocycles. The van der Waals surface area contributed by atoms with E-state index in [9.17, 15) is 22.4 Å². The number of amides is 2. The van der Waals surface area contributed by atoms with Gasteiger partial charge in [0.2, 0.25) is 21.8 Å². The molecule has 2 atom stereocenters. The number of hydrogen-bond acceptors (Lipinski definition) is 4. The molecule has 7 nitrogen and oxygen atoms in total. The van der Waals surface area contributed by atoms with Crippen LogP contribution < -0.4 is 9.62 Å². The highest BCUT2D eigenvalue weighted by molar-refractivity contribution is 7.92. The van der Waals surface area contributed by atoms with E-state index in [1.54, 1.807) is 0 Å². The average molecular weight is 609 g/mol. The normalized spacial score (nSPS) is 12.8. The summed E-state index contributed by atoms with van der Waals surface area (Å²) in [5.41, 5.74) is 1.49. The summed E-state index contributed by atoms with van der Waals surface area (Å²) in [5.74, 6) is -1.46. The van der Waals surface area contributed by atoms with Crippen LogP contribution in [0.15, 0.2) is 72.8 Å². The maximum absolute atomic E-state index is 14.0. The Kier molecular flexibility index (Phi) is 11.0. The maximum Gasteiger partial charge on any atom is 0.244 e. The third-order valence-corrected chi connectivity index (χ3v) is 7.93. The van der Waals surface area contributed by atoms with Crippen molar-refractivity contribution in [2.45, 2.75) is 45.3 Å². The van der Waals surface area contributed by atoms with Crippen molar-refractivity contribution in [3.8, 4) is 0 Å². The lowest BCUT2D eigenvalue weighted by molar-refractivity contribution is -0.140. The summed E-state index contributed by atoms with van der Waals surface area (Å²) < 4.78 is 40.2. The summed E-state index contributed by atoms with van der Waals surface area (Å²) in [4.78, 5) is 29.0. The number of rotatable bonds is 12. The molecule has 0 aliphatic rings. The topological polar surface area (TPSA) is 86.8 Å². The first-order chi connectivity index (χ1) is 18.9. The Morgan fingerprint density at radius 1 is 0.950 bits per heavy atom. The van der Waals surface area contributed by atoms with E-state index in [0.29, 0.717) is 12.0 Å². The molecular weight excluding hydrogens is 576 g/mol. The Morgan fingerprint density at radius 2 is 1.55 bits per heavy atom. The molecule has 0 fully saturated rings. The molecule has 0 saturated carbocycles. The number of anilines is 1. The van der Waals surface area contributed by atoms with E-state index in [2.05, 4.69) is 5.32 Å². The number of carbonyl (C=O) groups is 2. The zero-order chi connectivity index (χ0) is 29.4. The number of halogens is 3. The van der Waals surface area contributed by atoms with Crippen molar-refractivity contribution >= 4 is 50.7 Å². The Hall–Kier alpha value is -3.14. The Labute approximate surface area is 244 Å². The fourth-order valence-electron chi connectivity index (χ4n) is 4.08. The molecule has 2 amide bonds. The van der Waals surface area contributed by atoms with Crippen LogP contribution in [-0.2, 0) is 32.6 Å². The van der Waals surface area contributed by atoms with Crippen molar-refractivity contribution in [1.82, 2.24) is 10.2 Å². The lowest BCUT2D eigenvalue weighted by atomic mass is 10.0. The highest BCUT2D eigenvalue weighted by Crippen LogP contribution is 2.27. The molecule has 3 aromatic carbocycles. The molecule has 3 rings (SSSR count). The molecule has 0 spiro atoms. The average Bonchev–Trinajstić information content (AvgIpc) is 2.89. The monoisotopic (exact) mass is 607 g/mol. The molecule has 40 heavy (non-hydrogen) atoms. The fraction of sp³-hybridized carbons (Fsp3) is 0.310. The third kappa shape index (κ3) is 8.94. The van der Waals surface area contributed by atoms with Crippen molar-refractivity contribution in [3.05, 3.63) is 99.8 Å². The van der Waals surface area contributed by atoms with E-state index < -0.39 is 34.3 Å². The zero-order valence-electron chi connectivity index (χ0n) is 22.5. The summed E-state index contributed by atoms with van der Waals surface area (Å²) in [5, 5.41) is 3.34. The van der Waals surface area contributed by atoms with Crippen LogP contribution in [-0.4, -0.2) is 50.0 Å². The van der Waals surface area contributed by atoms with Crippen LogP contribution in [0.3, 0.4) is 0 Å². The van der Waals surface area contributed by atoms with E-state index in [1.165, 1.54) is 47.4 Å². The zero-order valence-corrected chi connectivity index (χ0v) is 24.8. The Bertz CT molecular complexity index is 1400. The summed E-state index contributed by atoms with van der Waals surface area (Å²) in [7, 11) is -3.97. The third-order valence-electron chi connectivity index (χ3n) is 6.35. The predicted molar refractivity (Wildman–Crippen MR) is 157 cm³/mol. The van der Waals surface area contributed by atoms with Crippen molar-refractivity contribution < 1.29 is 22.4 Å². The van der Waals surface area contributed by atoms with Gasteiger partial charge >= 0.3 is 0 Å². The highest BCUT2D eigenvalue weighted by Gasteiger charge is 2.33. The quantitative estimate of drug-likeness (QED) is 0.296. The van der Waals surface area contributed by atoms with Crippen LogP contribution in [0.4, 0.5) is 10.1 Å². The standard InChI is InChI=1S/C29H32Cl2FN3O4S/c1-4-20(2)33-29(37)27(14-21-8-6-5-7-9-21)34(18-22-10-12-25(32)13-11-22)28(36)19-35(40(3,38)39)26-16-23(30)15-24(31)17-26/h5-13,15-17,20,27H,4,14,18-19H2,1-3H3,(H,33,37)/t20-,27+/m0/s1. The van der Waals surface area contributed by atoms with Crippen LogP contribution in [0.1, 0.15) is 31.4 Å². The van der Waals surface area contributed by atoms with Gasteiger partial charge in [0, 0.05) is 29.1 Å². The number of nitrogens with one attached hydrogen (secondary N) is 1. The smallest absolute Gasteiger partial charge is 0.244 e. The largest absolute Gasteiger partial charge is 0.352 e. The molecule has 0 saturated heterocycles. The first-order valence-corrected chi connectivity index (χ1v) is 15.3. The van der Waals surface area contributed by atoms with Gasteiger partial charge in [-0.1, -0.05) is 72.6 Å². The second-order valence-corrected chi connectivity index (χ2v) is 12.3. The molecule has 0 aromatic heterocycles. The van der Waals surface area contributed by atoms with Crippen LogP contribution in [0, 0.1) is 5.82 Å². The van der Waals surface area contributed by atoms with Gasteiger partial charge in [-0.25, -0.2) is 12.8 Å². The minimum absolute atomic E-state index is 0.0571. The summed E-state index contributed by atoms with van der Waals surface area (Å²) >= 11 is 12.2. The minimum atomic E-state index is -3.97. The molecule has 0 bridgehead atoms. The van der Waals surface area contributed by atoms with Crippen LogP contribution in [0.5, 0.6) is 0 Å². The molecule has 1 N–H and O–H groups in total. The fourth-order valence-corrected chi connectivity index (χ4v) is 5.43. The van der Waals surface area contributed by atoms with Gasteiger partial charge in [-0.2, -0.15) is 0 Å². The van der Waals surface area contributed by atoms with E-state index >= 15 is 0 Å². The van der Waals surface area contributed by atoms with E-state index in [1.807, 2.05) is 44.2 Å². The van der Waals surface area contributed by atoms with Gasteiger partial charge < -0.3 is 10.2 Å². The van der Waals surface area contributed by atoms with Gasteiger partial charge in [0.05, 0.1) is 11.9 Å². The van der Waals surface area contributed by atoms with Crippen LogP contribution in [0.25, 0.3) is 0 Å². The number of hydrogen-bond donors (Lipinski definition) is 1. The van der Waals surface area contributed by atoms with E-state index in [-0.39, 0.29) is 40.6 Å². The van der Waals surface area contributed by atoms with Crippen LogP contribution in [0.2, 0.25) is 10.0 Å². The molecule has 0 unspecified atom stereocenters. The van der Waals surface area contributed by atoms with Crippen molar-refractivity contribution in [2.24, 2.45) is 0 Å². The van der Waals surface area contributed by atoms with Crippen molar-refractivity contribution in [2.75, 3.05) is 17.1 Å². The highest BCUT2D eigenvalue weighted by atomic mass is 35.5. The maximum atomic E-state index is 14.0. The number of carbonyl (C=O) groups excluding carboxylic acids is 2. The van der Waals surface area contributed by atoms with Crippen molar-refractivity contribution in [1.29, 1.82) is 0 Å². The lowest BCUT2D eigenvalue weighted by Gasteiger charge is -2.34. The van der Waals surface area contributed by atoms with Crippen molar-refractivity contribution in [3.63, 3.8) is 0 Å². The predicted octanol–water partition coefficient (Wildman–Crippen LogP) is 5.45. The summed E-state index contributed by atoms with van der Waals surface area (Å²) in [6.45, 7) is 3.12. The molecule has 3 aromatic rings. The summed E-state index contributed by atoms with van der Waals surface area (Å²) in [6, 6.07) is 17.9. The number of sulfonamides is 1. The Morgan fingerprint density at radius 3 is 2.10 bits per heavy atom. The second kappa shape index (κ2) is 14.0. The number of nitrogens with zero attached hydrogens (tertiary/aromatic N) is 2. The van der Waals surface area contributed by atoms with Gasteiger partial charge in [0.25, 0.3) is 0 Å². The minimum Gasteiger partial charge on any atom is -0.352 e. The summed E-state index contributed by atoms with van der Waals surface area (Å²) in [6.07, 6.45) is 1.82. The van der Waals surface area contributed by atoms with E-state index in [0.717, 1.165) is 16.1 Å². The second-order valence-electron chi connectivity index (χ2n) is 9.57. The van der Waals surface area contributed by atoms with Gasteiger partial charge in [-0.3, -0.25) is 13.9 Å². The SMILES string of the molecule is CC[C@H](C)NC(=O)[C@@H](Cc1ccccc1)N(Cc1ccc(F)cc1)C(=O)CN(c1cc(Cl)cc(Cl)c1)S(C)(=O)=O. The molecule has 214 valence electrons. The Balaban J connectivity index is 2.07. The van der Waals surface area contributed by atoms with Gasteiger partial charge in [-0.15, -0.1) is 0 Å². The number of benzene rings is 3. The molecule has 0 heterocycles. The first kappa shape index (κ1) is 31.4. The molecule has 11 heteroatoms. The molecule has 0 aliphatic heterocycles.